The molecule has 0 radical (unpaired) electrons. The topological polar surface area (TPSA) is 69.9 Å². The van der Waals surface area contributed by atoms with Gasteiger partial charge in [-0.1, -0.05) is 37.3 Å². The molecule has 0 N–H and O–H groups in total. The van der Waals surface area contributed by atoms with Gasteiger partial charge >= 0.3 is 6.18 Å². The van der Waals surface area contributed by atoms with Crippen LogP contribution in [0.3, 0.4) is 0 Å². The van der Waals surface area contributed by atoms with Gasteiger partial charge in [-0.15, -0.1) is 11.3 Å². The number of hydrogen-bond donors (Lipinski definition) is 0. The summed E-state index contributed by atoms with van der Waals surface area (Å²) in [5.41, 5.74) is 0.707. The fourth-order valence-corrected chi connectivity index (χ4v) is 4.91. The molecular formula is C24H23F3N4O2S. The molecule has 0 aliphatic heterocycles. The molecule has 1 atom stereocenters. The summed E-state index contributed by atoms with van der Waals surface area (Å²) in [7, 11) is 1.52. The number of carbonyl (C=O) groups is 1. The van der Waals surface area contributed by atoms with Crippen molar-refractivity contribution in [2.75, 3.05) is 6.61 Å². The number of Topliss-reactive ketones (excluding diaryl/α,β-unsaturated/α-hetero) is 1. The molecular weight excluding hydrogens is 465 g/mol. The Morgan fingerprint density at radius 2 is 1.88 bits per heavy atom. The summed E-state index contributed by atoms with van der Waals surface area (Å²) in [5, 5.41) is 5.09. The van der Waals surface area contributed by atoms with Crippen LogP contribution in [0.4, 0.5) is 13.2 Å². The quantitative estimate of drug-likeness (QED) is 0.325. The minimum absolute atomic E-state index is 0.0260. The molecule has 0 spiro atoms. The molecule has 0 aliphatic rings. The predicted molar refractivity (Wildman–Crippen MR) is 124 cm³/mol. The molecule has 6 nitrogen and oxygen atoms in total. The number of ether oxygens (including phenoxy) is 1. The Morgan fingerprint density at radius 3 is 2.50 bits per heavy atom. The molecule has 1 unspecified atom stereocenters. The molecule has 1 aromatic carbocycles. The molecule has 4 rings (SSSR count). The van der Waals surface area contributed by atoms with Crippen LogP contribution < -0.4 is 4.74 Å². The van der Waals surface area contributed by atoms with E-state index >= 15 is 0 Å². The lowest BCUT2D eigenvalue weighted by atomic mass is 10.0. The van der Waals surface area contributed by atoms with Gasteiger partial charge in [0.25, 0.3) is 0 Å². The number of aromatic nitrogens is 4. The Morgan fingerprint density at radius 1 is 1.18 bits per heavy atom. The zero-order valence-corrected chi connectivity index (χ0v) is 19.9. The second-order valence-electron chi connectivity index (χ2n) is 8.15. The molecule has 0 bridgehead atoms. The van der Waals surface area contributed by atoms with E-state index in [9.17, 15) is 18.0 Å². The Hall–Kier alpha value is -3.27. The van der Waals surface area contributed by atoms with Gasteiger partial charge in [0.2, 0.25) is 5.88 Å². The molecule has 34 heavy (non-hydrogen) atoms. The Labute approximate surface area is 198 Å². The van der Waals surface area contributed by atoms with Gasteiger partial charge in [-0.05, 0) is 13.8 Å². The summed E-state index contributed by atoms with van der Waals surface area (Å²) >= 11 is 1.56. The van der Waals surface area contributed by atoms with Crippen LogP contribution in [-0.4, -0.2) is 32.1 Å². The molecule has 0 saturated carbocycles. The molecule has 0 saturated heterocycles. The zero-order chi connectivity index (χ0) is 24.6. The minimum Gasteiger partial charge on any atom is -0.470 e. The molecule has 0 aliphatic carbocycles. The van der Waals surface area contributed by atoms with Crippen molar-refractivity contribution in [3.63, 3.8) is 0 Å². The van der Waals surface area contributed by atoms with Crippen molar-refractivity contribution in [2.24, 2.45) is 7.05 Å². The normalized spacial score (nSPS) is 12.8. The van der Waals surface area contributed by atoms with E-state index in [1.807, 2.05) is 20.8 Å². The number of pyridine rings is 1. The van der Waals surface area contributed by atoms with E-state index in [2.05, 4.69) is 15.1 Å². The standard InChI is InChI=1S/C24H23F3N4O2S/c1-13(21-14(2)34-15(3)28-21)10-17(32)12-33-19-11-18(24(25,26)27)20-22(16-8-6-5-7-9-16)30-31(4)23(20)29-19/h5-9,11,13H,10,12H2,1-4H3. The van der Waals surface area contributed by atoms with Crippen LogP contribution in [0.2, 0.25) is 0 Å². The Bertz CT molecular complexity index is 1350. The summed E-state index contributed by atoms with van der Waals surface area (Å²) in [4.78, 5) is 22.3. The minimum atomic E-state index is -4.66. The maximum atomic E-state index is 14.0. The van der Waals surface area contributed by atoms with E-state index in [4.69, 9.17) is 4.74 Å². The van der Waals surface area contributed by atoms with Gasteiger partial charge in [0, 0.05) is 35.9 Å². The van der Waals surface area contributed by atoms with Crippen LogP contribution in [0.5, 0.6) is 5.88 Å². The van der Waals surface area contributed by atoms with Crippen LogP contribution in [0.1, 0.15) is 40.4 Å². The highest BCUT2D eigenvalue weighted by molar-refractivity contribution is 7.11. The fourth-order valence-electron chi connectivity index (χ4n) is 3.97. The van der Waals surface area contributed by atoms with Crippen LogP contribution in [-0.2, 0) is 18.0 Å². The van der Waals surface area contributed by atoms with E-state index in [1.54, 1.807) is 41.7 Å². The van der Waals surface area contributed by atoms with Gasteiger partial charge in [0.05, 0.1) is 21.7 Å². The monoisotopic (exact) mass is 488 g/mol. The second-order valence-corrected chi connectivity index (χ2v) is 9.56. The van der Waals surface area contributed by atoms with Crippen molar-refractivity contribution in [1.29, 1.82) is 0 Å². The second kappa shape index (κ2) is 9.17. The van der Waals surface area contributed by atoms with E-state index in [0.29, 0.717) is 5.56 Å². The zero-order valence-electron chi connectivity index (χ0n) is 19.1. The number of benzene rings is 1. The average Bonchev–Trinajstić information content (AvgIpc) is 3.30. The molecule has 3 aromatic heterocycles. The van der Waals surface area contributed by atoms with Crippen molar-refractivity contribution in [2.45, 2.75) is 39.3 Å². The van der Waals surface area contributed by atoms with Crippen LogP contribution in [0, 0.1) is 13.8 Å². The average molecular weight is 489 g/mol. The van der Waals surface area contributed by atoms with E-state index in [-0.39, 0.29) is 47.3 Å². The van der Waals surface area contributed by atoms with Crippen molar-refractivity contribution in [3.8, 4) is 17.1 Å². The number of fused-ring (bicyclic) bond motifs is 1. The number of rotatable bonds is 7. The van der Waals surface area contributed by atoms with Gasteiger partial charge in [0.1, 0.15) is 12.3 Å². The van der Waals surface area contributed by atoms with E-state index in [0.717, 1.165) is 21.6 Å². The summed E-state index contributed by atoms with van der Waals surface area (Å²) in [5.74, 6) is -0.639. The third kappa shape index (κ3) is 4.82. The number of halogens is 3. The first-order valence-electron chi connectivity index (χ1n) is 10.6. The van der Waals surface area contributed by atoms with Crippen molar-refractivity contribution < 1.29 is 22.7 Å². The maximum Gasteiger partial charge on any atom is 0.417 e. The van der Waals surface area contributed by atoms with Gasteiger partial charge in [-0.25, -0.2) is 9.67 Å². The lowest BCUT2D eigenvalue weighted by Crippen LogP contribution is -2.16. The van der Waals surface area contributed by atoms with Crippen LogP contribution in [0.25, 0.3) is 22.3 Å². The number of aryl methyl sites for hydroxylation is 3. The molecule has 4 aromatic rings. The Kier molecular flexibility index (Phi) is 6.44. The highest BCUT2D eigenvalue weighted by atomic mass is 32.1. The number of nitrogens with zero attached hydrogens (tertiary/aromatic N) is 4. The van der Waals surface area contributed by atoms with E-state index < -0.39 is 11.7 Å². The number of carbonyl (C=O) groups excluding carboxylic acids is 1. The van der Waals surface area contributed by atoms with Crippen LogP contribution >= 0.6 is 11.3 Å². The smallest absolute Gasteiger partial charge is 0.417 e. The van der Waals surface area contributed by atoms with Gasteiger partial charge in [0.15, 0.2) is 11.4 Å². The Balaban J connectivity index is 1.61. The first-order valence-corrected chi connectivity index (χ1v) is 11.4. The SMILES string of the molecule is Cc1nc(C(C)CC(=O)COc2cc(C(F)(F)F)c3c(-c4ccccc4)nn(C)c3n2)c(C)s1. The summed E-state index contributed by atoms with van der Waals surface area (Å²) in [6.45, 7) is 5.37. The molecule has 178 valence electrons. The van der Waals surface area contributed by atoms with Crippen molar-refractivity contribution in [1.82, 2.24) is 19.7 Å². The highest BCUT2D eigenvalue weighted by Gasteiger charge is 2.36. The van der Waals surface area contributed by atoms with E-state index in [1.165, 1.54) is 11.7 Å². The summed E-state index contributed by atoms with van der Waals surface area (Å²) in [6.07, 6.45) is -4.49. The number of alkyl halides is 3. The fraction of sp³-hybridized carbons (Fsp3) is 0.333. The first-order chi connectivity index (χ1) is 16.0. The molecule has 3 heterocycles. The number of hydrogen-bond acceptors (Lipinski definition) is 6. The lowest BCUT2D eigenvalue weighted by molar-refractivity contribution is -0.136. The molecule has 10 heteroatoms. The lowest BCUT2D eigenvalue weighted by Gasteiger charge is -2.13. The predicted octanol–water partition coefficient (Wildman–Crippen LogP) is 5.87. The molecule has 0 amide bonds. The number of thiazole rings is 1. The van der Waals surface area contributed by atoms with Crippen molar-refractivity contribution >= 4 is 28.2 Å². The third-order valence-corrected chi connectivity index (χ3v) is 6.35. The highest BCUT2D eigenvalue weighted by Crippen LogP contribution is 2.40. The van der Waals surface area contributed by atoms with Gasteiger partial charge in [-0.3, -0.25) is 4.79 Å². The van der Waals surface area contributed by atoms with Gasteiger partial charge in [-0.2, -0.15) is 23.3 Å². The first kappa shape index (κ1) is 23.9. The van der Waals surface area contributed by atoms with Crippen molar-refractivity contribution in [3.05, 3.63) is 57.5 Å². The maximum absolute atomic E-state index is 14.0. The largest absolute Gasteiger partial charge is 0.470 e. The number of ketones is 1. The third-order valence-electron chi connectivity index (χ3n) is 5.44. The van der Waals surface area contributed by atoms with Gasteiger partial charge < -0.3 is 4.74 Å². The summed E-state index contributed by atoms with van der Waals surface area (Å²) in [6, 6.07) is 9.46. The van der Waals surface area contributed by atoms with Crippen LogP contribution in [0.15, 0.2) is 36.4 Å². The summed E-state index contributed by atoms with van der Waals surface area (Å²) < 4.78 is 48.7. The molecule has 0 fully saturated rings.